The van der Waals surface area contributed by atoms with Crippen molar-refractivity contribution in [2.24, 2.45) is 4.99 Å². The van der Waals surface area contributed by atoms with E-state index in [4.69, 9.17) is 9.47 Å². The lowest BCUT2D eigenvalue weighted by atomic mass is 10.2. The van der Waals surface area contributed by atoms with Crippen LogP contribution in [-0.4, -0.2) is 33.3 Å². The van der Waals surface area contributed by atoms with Gasteiger partial charge in [0, 0.05) is 18.7 Å². The number of hydrogen-bond acceptors (Lipinski definition) is 5. The molecule has 0 saturated heterocycles. The maximum Gasteiger partial charge on any atom is 0.196 e. The second-order valence-electron chi connectivity index (χ2n) is 3.47. The van der Waals surface area contributed by atoms with Crippen molar-refractivity contribution in [3.63, 3.8) is 0 Å². The highest BCUT2D eigenvalue weighted by Crippen LogP contribution is 2.36. The molecule has 0 aliphatic carbocycles. The second kappa shape index (κ2) is 5.27. The van der Waals surface area contributed by atoms with Crippen molar-refractivity contribution in [2.75, 3.05) is 32.6 Å². The highest BCUT2D eigenvalue weighted by Gasteiger charge is 2.12. The number of rotatable bonds is 3. The van der Waals surface area contributed by atoms with Crippen molar-refractivity contribution in [3.05, 3.63) is 16.6 Å². The molecule has 0 radical (unpaired) electrons. The Kier molecular flexibility index (Phi) is 3.73. The number of ether oxygens (including phenoxy) is 2. The topological polar surface area (TPSA) is 54.9 Å². The molecule has 5 nitrogen and oxygen atoms in total. The first-order chi connectivity index (χ1) is 8.24. The normalized spacial score (nSPS) is 13.9. The van der Waals surface area contributed by atoms with Crippen molar-refractivity contribution >= 4 is 27.6 Å². The summed E-state index contributed by atoms with van der Waals surface area (Å²) in [4.78, 5) is 4.27. The van der Waals surface area contributed by atoms with Gasteiger partial charge in [0.1, 0.15) is 11.5 Å². The lowest BCUT2D eigenvalue weighted by Crippen LogP contribution is -2.26. The van der Waals surface area contributed by atoms with Crippen LogP contribution in [0.4, 0.5) is 5.69 Å². The van der Waals surface area contributed by atoms with E-state index in [1.54, 1.807) is 14.2 Å². The Bertz CT molecular complexity index is 449. The standard InChI is InChI=1S/C11H14BrN3O2/c1-16-9-6-8(10(17-2)5-7(9)12)15-11-13-3-4-14-11/h5-6H,3-4H2,1-2H3,(H2,13,14,15). The Labute approximate surface area is 108 Å². The van der Waals surface area contributed by atoms with Crippen LogP contribution in [0.25, 0.3) is 0 Å². The van der Waals surface area contributed by atoms with Gasteiger partial charge in [-0.15, -0.1) is 0 Å². The molecule has 17 heavy (non-hydrogen) atoms. The van der Waals surface area contributed by atoms with E-state index in [9.17, 15) is 0 Å². The zero-order valence-corrected chi connectivity index (χ0v) is 11.3. The maximum absolute atomic E-state index is 5.31. The van der Waals surface area contributed by atoms with Gasteiger partial charge in [-0.1, -0.05) is 0 Å². The van der Waals surface area contributed by atoms with E-state index < -0.39 is 0 Å². The molecule has 0 bridgehead atoms. The molecular weight excluding hydrogens is 286 g/mol. The molecule has 0 atom stereocenters. The van der Waals surface area contributed by atoms with E-state index in [2.05, 4.69) is 31.6 Å². The maximum atomic E-state index is 5.31. The molecule has 0 spiro atoms. The van der Waals surface area contributed by atoms with Crippen LogP contribution in [0.3, 0.4) is 0 Å². The summed E-state index contributed by atoms with van der Waals surface area (Å²) in [6.07, 6.45) is 0. The smallest absolute Gasteiger partial charge is 0.196 e. The van der Waals surface area contributed by atoms with E-state index in [1.165, 1.54) is 0 Å². The minimum atomic E-state index is 0.731. The van der Waals surface area contributed by atoms with Crippen LogP contribution in [-0.2, 0) is 0 Å². The van der Waals surface area contributed by atoms with Crippen LogP contribution in [0.15, 0.2) is 21.6 Å². The fourth-order valence-corrected chi connectivity index (χ4v) is 2.05. The van der Waals surface area contributed by atoms with Crippen LogP contribution < -0.4 is 20.1 Å². The minimum Gasteiger partial charge on any atom is -0.495 e. The number of nitrogens with zero attached hydrogens (tertiary/aromatic N) is 1. The number of guanidine groups is 1. The number of nitrogens with one attached hydrogen (secondary N) is 2. The zero-order chi connectivity index (χ0) is 12.3. The first-order valence-electron chi connectivity index (χ1n) is 5.21. The molecule has 2 rings (SSSR count). The predicted molar refractivity (Wildman–Crippen MR) is 71.2 cm³/mol. The first kappa shape index (κ1) is 12.0. The van der Waals surface area contributed by atoms with Crippen molar-refractivity contribution in [3.8, 4) is 11.5 Å². The van der Waals surface area contributed by atoms with Gasteiger partial charge in [0.25, 0.3) is 0 Å². The Morgan fingerprint density at radius 1 is 1.29 bits per heavy atom. The number of aliphatic imine (C=N–C) groups is 1. The fourth-order valence-electron chi connectivity index (χ4n) is 1.57. The van der Waals surface area contributed by atoms with Gasteiger partial charge in [-0.2, -0.15) is 0 Å². The molecule has 0 amide bonds. The van der Waals surface area contributed by atoms with Crippen molar-refractivity contribution in [2.45, 2.75) is 0 Å². The van der Waals surface area contributed by atoms with Gasteiger partial charge in [-0.3, -0.25) is 4.99 Å². The third-order valence-electron chi connectivity index (χ3n) is 2.40. The summed E-state index contributed by atoms with van der Waals surface area (Å²) < 4.78 is 11.4. The summed E-state index contributed by atoms with van der Waals surface area (Å²) in [5, 5.41) is 6.31. The lowest BCUT2D eigenvalue weighted by Gasteiger charge is -2.13. The van der Waals surface area contributed by atoms with E-state index in [0.29, 0.717) is 0 Å². The summed E-state index contributed by atoms with van der Waals surface area (Å²) in [5.74, 6) is 2.23. The van der Waals surface area contributed by atoms with Gasteiger partial charge in [-0.25, -0.2) is 0 Å². The quantitative estimate of drug-likeness (QED) is 0.894. The average molecular weight is 300 g/mol. The average Bonchev–Trinajstić information content (AvgIpc) is 2.83. The van der Waals surface area contributed by atoms with Crippen molar-refractivity contribution in [1.29, 1.82) is 0 Å². The molecule has 0 saturated carbocycles. The zero-order valence-electron chi connectivity index (χ0n) is 9.71. The highest BCUT2D eigenvalue weighted by molar-refractivity contribution is 9.10. The first-order valence-corrected chi connectivity index (χ1v) is 6.00. The third kappa shape index (κ3) is 2.63. The van der Waals surface area contributed by atoms with Crippen LogP contribution in [0.1, 0.15) is 0 Å². The summed E-state index contributed by atoms with van der Waals surface area (Å²) in [5.41, 5.74) is 0.820. The largest absolute Gasteiger partial charge is 0.495 e. The van der Waals surface area contributed by atoms with Gasteiger partial charge in [0.15, 0.2) is 5.96 Å². The van der Waals surface area contributed by atoms with Crippen LogP contribution in [0, 0.1) is 0 Å². The Morgan fingerprint density at radius 2 is 2.06 bits per heavy atom. The lowest BCUT2D eigenvalue weighted by molar-refractivity contribution is 0.402. The Balaban J connectivity index is 2.29. The predicted octanol–water partition coefficient (Wildman–Crippen LogP) is 1.84. The summed E-state index contributed by atoms with van der Waals surface area (Å²) in [7, 11) is 3.25. The molecule has 92 valence electrons. The molecule has 0 aromatic heterocycles. The molecule has 1 heterocycles. The summed E-state index contributed by atoms with van der Waals surface area (Å²) >= 11 is 3.42. The van der Waals surface area contributed by atoms with Gasteiger partial charge in [0.05, 0.1) is 30.9 Å². The monoisotopic (exact) mass is 299 g/mol. The number of anilines is 1. The molecule has 1 aromatic carbocycles. The van der Waals surface area contributed by atoms with Gasteiger partial charge in [-0.05, 0) is 15.9 Å². The van der Waals surface area contributed by atoms with Gasteiger partial charge >= 0.3 is 0 Å². The third-order valence-corrected chi connectivity index (χ3v) is 3.02. The highest BCUT2D eigenvalue weighted by atomic mass is 79.9. The molecule has 1 aliphatic rings. The minimum absolute atomic E-state index is 0.731. The van der Waals surface area contributed by atoms with Gasteiger partial charge < -0.3 is 20.1 Å². The van der Waals surface area contributed by atoms with Crippen molar-refractivity contribution in [1.82, 2.24) is 5.32 Å². The SMILES string of the molecule is COc1cc(NC2=NCCN2)c(OC)cc1Br. The van der Waals surface area contributed by atoms with Crippen LogP contribution >= 0.6 is 15.9 Å². The fraction of sp³-hybridized carbons (Fsp3) is 0.364. The molecule has 1 aromatic rings. The number of benzene rings is 1. The summed E-state index contributed by atoms with van der Waals surface area (Å²) in [6, 6.07) is 3.72. The van der Waals surface area contributed by atoms with Crippen molar-refractivity contribution < 1.29 is 9.47 Å². The van der Waals surface area contributed by atoms with E-state index in [0.717, 1.165) is 40.7 Å². The van der Waals surface area contributed by atoms with E-state index >= 15 is 0 Å². The Morgan fingerprint density at radius 3 is 2.65 bits per heavy atom. The molecule has 1 aliphatic heterocycles. The van der Waals surface area contributed by atoms with E-state index in [-0.39, 0.29) is 0 Å². The number of methoxy groups -OCH3 is 2. The molecule has 6 heteroatoms. The molecule has 0 fully saturated rings. The molecular formula is C11H14BrN3O2. The molecule has 2 N–H and O–H groups in total. The van der Waals surface area contributed by atoms with Crippen LogP contribution in [0.5, 0.6) is 11.5 Å². The van der Waals surface area contributed by atoms with Gasteiger partial charge in [0.2, 0.25) is 0 Å². The Hall–Kier alpha value is -1.43. The molecule has 0 unspecified atom stereocenters. The number of halogens is 1. The van der Waals surface area contributed by atoms with E-state index in [1.807, 2.05) is 12.1 Å². The summed E-state index contributed by atoms with van der Waals surface area (Å²) in [6.45, 7) is 1.65. The van der Waals surface area contributed by atoms with Crippen LogP contribution in [0.2, 0.25) is 0 Å². The number of hydrogen-bond donors (Lipinski definition) is 2. The second-order valence-corrected chi connectivity index (χ2v) is 4.32.